The normalized spacial score (nSPS) is 16.5. The maximum absolute atomic E-state index is 13.9. The zero-order valence-electron chi connectivity index (χ0n) is 25.9. The molecule has 3 atom stereocenters. The zero-order valence-corrected chi connectivity index (χ0v) is 25.9. The molecule has 3 amide bonds. The predicted octanol–water partition coefficient (Wildman–Crippen LogP) is 4.31. The van der Waals surface area contributed by atoms with E-state index in [9.17, 15) is 19.2 Å². The molecule has 2 N–H and O–H groups in total. The molecule has 1 unspecified atom stereocenters. The lowest BCUT2D eigenvalue weighted by Crippen LogP contribution is -2.53. The van der Waals surface area contributed by atoms with Gasteiger partial charge in [-0.1, -0.05) is 58.0 Å². The molecule has 1 aromatic heterocycles. The summed E-state index contributed by atoms with van der Waals surface area (Å²) < 4.78 is 6.83. The molecule has 0 saturated carbocycles. The number of nitrogens with zero attached hydrogens (tertiary/aromatic N) is 3. The first-order valence-electron chi connectivity index (χ1n) is 15.4. The molecule has 1 saturated heterocycles. The fourth-order valence-corrected chi connectivity index (χ4v) is 5.16. The Balaban J connectivity index is 1.77. The molecule has 1 aliphatic rings. The van der Waals surface area contributed by atoms with Crippen LogP contribution in [-0.4, -0.2) is 57.6 Å². The van der Waals surface area contributed by atoms with E-state index in [-0.39, 0.29) is 24.3 Å². The van der Waals surface area contributed by atoms with E-state index in [1.54, 1.807) is 0 Å². The summed E-state index contributed by atoms with van der Waals surface area (Å²) in [6.45, 7) is 8.60. The number of benzene rings is 1. The molecule has 0 radical (unpaired) electrons. The van der Waals surface area contributed by atoms with Gasteiger partial charge in [0.1, 0.15) is 12.7 Å². The van der Waals surface area contributed by atoms with Crippen molar-refractivity contribution in [1.29, 1.82) is 0 Å². The highest BCUT2D eigenvalue weighted by molar-refractivity contribution is 5.98. The molecular weight excluding hydrogens is 550 g/mol. The Labute approximate surface area is 254 Å². The molecule has 0 spiro atoms. The van der Waals surface area contributed by atoms with Gasteiger partial charge in [0, 0.05) is 32.0 Å². The van der Waals surface area contributed by atoms with Crippen LogP contribution in [0.2, 0.25) is 0 Å². The Bertz CT molecular complexity index is 1150. The van der Waals surface area contributed by atoms with Crippen LogP contribution in [0.1, 0.15) is 83.0 Å². The highest BCUT2D eigenvalue weighted by Gasteiger charge is 2.36. The summed E-state index contributed by atoms with van der Waals surface area (Å²) in [6.07, 6.45) is 8.18. The minimum Gasteiger partial charge on any atom is -0.350 e. The average Bonchev–Trinajstić information content (AvgIpc) is 3.53. The van der Waals surface area contributed by atoms with Crippen LogP contribution in [0, 0.1) is 23.7 Å². The molecule has 1 aliphatic heterocycles. The summed E-state index contributed by atoms with van der Waals surface area (Å²) in [7, 11) is 0. The zero-order chi connectivity index (χ0) is 31.2. The van der Waals surface area contributed by atoms with Crippen molar-refractivity contribution in [3.8, 4) is 0 Å². The lowest BCUT2D eigenvalue weighted by atomic mass is 9.81. The lowest BCUT2D eigenvalue weighted by molar-refractivity contribution is -0.203. The highest BCUT2D eigenvalue weighted by atomic mass is 16.8. The first kappa shape index (κ1) is 33.9. The third-order valence-corrected chi connectivity index (χ3v) is 7.33. The van der Waals surface area contributed by atoms with Crippen LogP contribution in [0.15, 0.2) is 49.1 Å². The molecule has 0 aliphatic carbocycles. The lowest BCUT2D eigenvalue weighted by Gasteiger charge is -2.31. The van der Waals surface area contributed by atoms with E-state index in [1.165, 1.54) is 28.3 Å². The third kappa shape index (κ3) is 11.6. The van der Waals surface area contributed by atoms with Gasteiger partial charge >= 0.3 is 0 Å². The van der Waals surface area contributed by atoms with Crippen molar-refractivity contribution >= 4 is 23.6 Å². The van der Waals surface area contributed by atoms with E-state index in [4.69, 9.17) is 9.57 Å². The smallest absolute Gasteiger partial charge is 0.250 e. The average molecular weight is 598 g/mol. The van der Waals surface area contributed by atoms with E-state index in [2.05, 4.69) is 15.9 Å². The third-order valence-electron chi connectivity index (χ3n) is 7.33. The van der Waals surface area contributed by atoms with Gasteiger partial charge in [-0.2, -0.15) is 0 Å². The molecule has 43 heavy (non-hydrogen) atoms. The fraction of sp³-hybridized carbons (Fsp3) is 0.594. The summed E-state index contributed by atoms with van der Waals surface area (Å²) in [5.74, 6) is -3.15. The quantitative estimate of drug-likeness (QED) is 0.231. The Morgan fingerprint density at radius 2 is 1.81 bits per heavy atom. The van der Waals surface area contributed by atoms with Crippen LogP contribution < -0.4 is 10.9 Å². The topological polar surface area (TPSA) is 132 Å². The van der Waals surface area contributed by atoms with E-state index < -0.39 is 42.3 Å². The number of aryl methyl sites for hydroxylation is 1. The van der Waals surface area contributed by atoms with Crippen molar-refractivity contribution in [1.82, 2.24) is 25.5 Å². The Kier molecular flexibility index (Phi) is 13.8. The maximum atomic E-state index is 13.9. The molecule has 0 bridgehead atoms. The highest BCUT2D eigenvalue weighted by Crippen LogP contribution is 2.27. The van der Waals surface area contributed by atoms with Gasteiger partial charge in [-0.25, -0.2) is 15.3 Å². The molecule has 11 heteroatoms. The van der Waals surface area contributed by atoms with Gasteiger partial charge in [0.05, 0.1) is 11.8 Å². The summed E-state index contributed by atoms with van der Waals surface area (Å²) in [6, 6.07) is 9.99. The van der Waals surface area contributed by atoms with E-state index in [0.29, 0.717) is 32.3 Å². The minimum absolute atomic E-state index is 0.0185. The van der Waals surface area contributed by atoms with Gasteiger partial charge in [0.25, 0.3) is 0 Å². The number of hydrazine groups is 1. The number of hydroxylamine groups is 1. The Morgan fingerprint density at radius 1 is 1.05 bits per heavy atom. The van der Waals surface area contributed by atoms with Gasteiger partial charge in [-0.15, -0.1) is 0 Å². The van der Waals surface area contributed by atoms with Crippen LogP contribution >= 0.6 is 0 Å². The fourth-order valence-electron chi connectivity index (χ4n) is 5.16. The Hall–Kier alpha value is -3.57. The number of hydrogen-bond acceptors (Lipinski definition) is 7. The molecule has 236 valence electrons. The minimum atomic E-state index is -0.738. The van der Waals surface area contributed by atoms with Gasteiger partial charge in [0.15, 0.2) is 6.29 Å². The largest absolute Gasteiger partial charge is 0.350 e. The molecule has 3 rings (SSSR count). The standard InChI is InChI=1S/C32H47N5O6/c1-23(2)19-27(31(40)34-37(21-24(3)4)29(39)20-28(38)36-17-16-33-22-36)26(14-10-13-25-11-6-5-7-12-25)32(41)35-43-30-15-8-9-18-42-30/h5-7,11-12,16-17,22-24,26-27,30H,8-10,13-15,18-21H2,1-4H3,(H,34,40)(H,35,41)/t26-,27+,30?/m0/s1. The second-order valence-electron chi connectivity index (χ2n) is 12.0. The maximum Gasteiger partial charge on any atom is 0.250 e. The first-order valence-corrected chi connectivity index (χ1v) is 15.4. The first-order chi connectivity index (χ1) is 20.6. The number of aromatic nitrogens is 2. The number of imidazole rings is 1. The van der Waals surface area contributed by atoms with Gasteiger partial charge < -0.3 is 4.74 Å². The van der Waals surface area contributed by atoms with E-state index >= 15 is 0 Å². The SMILES string of the molecule is CC(C)C[C@@H](C(=O)NN(CC(C)C)C(=O)CC(=O)n1ccnc1)[C@H](CCCc1ccccc1)C(=O)NOC1CCCCO1. The number of rotatable bonds is 15. The van der Waals surface area contributed by atoms with Crippen LogP contribution in [0.25, 0.3) is 0 Å². The van der Waals surface area contributed by atoms with Crippen molar-refractivity contribution in [2.45, 2.75) is 85.4 Å². The van der Waals surface area contributed by atoms with Crippen LogP contribution in [0.4, 0.5) is 0 Å². The van der Waals surface area contributed by atoms with Crippen molar-refractivity contribution < 1.29 is 28.8 Å². The van der Waals surface area contributed by atoms with E-state index in [1.807, 2.05) is 58.0 Å². The number of nitrogens with one attached hydrogen (secondary N) is 2. The second-order valence-corrected chi connectivity index (χ2v) is 12.0. The molecule has 1 aromatic carbocycles. The monoisotopic (exact) mass is 597 g/mol. The number of hydrogen-bond donors (Lipinski definition) is 2. The summed E-state index contributed by atoms with van der Waals surface area (Å²) in [5, 5.41) is 1.21. The van der Waals surface area contributed by atoms with Crippen LogP contribution in [-0.2, 0) is 30.4 Å². The second kappa shape index (κ2) is 17.5. The number of carbonyl (C=O) groups is 4. The number of amides is 3. The molecule has 1 fully saturated rings. The van der Waals surface area contributed by atoms with Crippen molar-refractivity contribution in [2.75, 3.05) is 13.2 Å². The van der Waals surface area contributed by atoms with Gasteiger partial charge in [-0.05, 0) is 55.9 Å². The molecule has 11 nitrogen and oxygen atoms in total. The number of carbonyl (C=O) groups excluding carboxylic acids is 4. The molecule has 2 heterocycles. The van der Waals surface area contributed by atoms with Crippen molar-refractivity contribution in [2.24, 2.45) is 23.7 Å². The summed E-state index contributed by atoms with van der Waals surface area (Å²) in [5.41, 5.74) is 6.51. The van der Waals surface area contributed by atoms with Gasteiger partial charge in [0.2, 0.25) is 23.6 Å². The van der Waals surface area contributed by atoms with Crippen LogP contribution in [0.5, 0.6) is 0 Å². The van der Waals surface area contributed by atoms with Gasteiger partial charge in [-0.3, -0.25) is 34.2 Å². The predicted molar refractivity (Wildman–Crippen MR) is 161 cm³/mol. The van der Waals surface area contributed by atoms with E-state index in [0.717, 1.165) is 24.8 Å². The summed E-state index contributed by atoms with van der Waals surface area (Å²) >= 11 is 0. The van der Waals surface area contributed by atoms with Crippen molar-refractivity contribution in [3.63, 3.8) is 0 Å². The Morgan fingerprint density at radius 3 is 2.44 bits per heavy atom. The number of ether oxygens (including phenoxy) is 1. The van der Waals surface area contributed by atoms with Crippen molar-refractivity contribution in [3.05, 3.63) is 54.6 Å². The molecule has 2 aromatic rings. The molecular formula is C32H47N5O6. The van der Waals surface area contributed by atoms with Crippen LogP contribution in [0.3, 0.4) is 0 Å². The summed E-state index contributed by atoms with van der Waals surface area (Å²) in [4.78, 5) is 62.8.